The van der Waals surface area contributed by atoms with Crippen molar-refractivity contribution < 1.29 is 4.74 Å². The highest BCUT2D eigenvalue weighted by Crippen LogP contribution is 2.51. The number of hydrogen-bond donors (Lipinski definition) is 1. The first-order valence-electron chi connectivity index (χ1n) is 6.05. The lowest BCUT2D eigenvalue weighted by Crippen LogP contribution is -2.33. The highest BCUT2D eigenvalue weighted by atomic mass is 16.5. The van der Waals surface area contributed by atoms with Gasteiger partial charge in [0.25, 0.3) is 0 Å². The SMILES string of the molecule is CC(C)C1(CNCC2CCCO2)CC1. The van der Waals surface area contributed by atoms with Crippen LogP contribution in [0.4, 0.5) is 0 Å². The van der Waals surface area contributed by atoms with E-state index in [0.717, 1.165) is 19.1 Å². The van der Waals surface area contributed by atoms with Crippen LogP contribution in [0.15, 0.2) is 0 Å². The van der Waals surface area contributed by atoms with Gasteiger partial charge in [-0.25, -0.2) is 0 Å². The van der Waals surface area contributed by atoms with E-state index < -0.39 is 0 Å². The van der Waals surface area contributed by atoms with Crippen molar-refractivity contribution in [2.75, 3.05) is 19.7 Å². The van der Waals surface area contributed by atoms with Gasteiger partial charge in [0.05, 0.1) is 6.10 Å². The third kappa shape index (κ3) is 2.29. The summed E-state index contributed by atoms with van der Waals surface area (Å²) in [5, 5.41) is 3.59. The molecule has 1 aliphatic carbocycles. The molecule has 1 N–H and O–H groups in total. The zero-order valence-electron chi connectivity index (χ0n) is 9.51. The van der Waals surface area contributed by atoms with Crippen LogP contribution in [0.5, 0.6) is 0 Å². The van der Waals surface area contributed by atoms with E-state index in [2.05, 4.69) is 19.2 Å². The van der Waals surface area contributed by atoms with Crippen LogP contribution in [0.1, 0.15) is 39.5 Å². The van der Waals surface area contributed by atoms with Crippen LogP contribution < -0.4 is 5.32 Å². The maximum absolute atomic E-state index is 5.59. The van der Waals surface area contributed by atoms with Crippen LogP contribution in [-0.2, 0) is 4.74 Å². The normalized spacial score (nSPS) is 29.8. The van der Waals surface area contributed by atoms with Gasteiger partial charge in [-0.2, -0.15) is 0 Å². The van der Waals surface area contributed by atoms with Crippen molar-refractivity contribution in [2.24, 2.45) is 11.3 Å². The first-order chi connectivity index (χ1) is 6.73. The third-order valence-electron chi connectivity index (χ3n) is 3.99. The highest BCUT2D eigenvalue weighted by Gasteiger charge is 2.44. The Labute approximate surface area is 87.4 Å². The van der Waals surface area contributed by atoms with Gasteiger partial charge < -0.3 is 10.1 Å². The molecule has 1 heterocycles. The maximum atomic E-state index is 5.59. The van der Waals surface area contributed by atoms with E-state index in [-0.39, 0.29) is 0 Å². The largest absolute Gasteiger partial charge is 0.377 e. The Morgan fingerprint density at radius 1 is 1.43 bits per heavy atom. The van der Waals surface area contributed by atoms with Gasteiger partial charge >= 0.3 is 0 Å². The molecule has 2 fully saturated rings. The van der Waals surface area contributed by atoms with Crippen molar-refractivity contribution in [3.8, 4) is 0 Å². The van der Waals surface area contributed by atoms with Gasteiger partial charge in [-0.1, -0.05) is 13.8 Å². The first kappa shape index (κ1) is 10.4. The van der Waals surface area contributed by atoms with Gasteiger partial charge in [-0.3, -0.25) is 0 Å². The second-order valence-corrected chi connectivity index (χ2v) is 5.28. The highest BCUT2D eigenvalue weighted by molar-refractivity contribution is 4.97. The molecule has 0 radical (unpaired) electrons. The topological polar surface area (TPSA) is 21.3 Å². The summed E-state index contributed by atoms with van der Waals surface area (Å²) in [5.74, 6) is 0.833. The molecule has 2 aliphatic rings. The summed E-state index contributed by atoms with van der Waals surface area (Å²) in [4.78, 5) is 0. The zero-order valence-corrected chi connectivity index (χ0v) is 9.51. The average Bonchev–Trinajstić information content (AvgIpc) is 2.76. The predicted octanol–water partition coefficient (Wildman–Crippen LogP) is 2.19. The molecule has 1 saturated heterocycles. The summed E-state index contributed by atoms with van der Waals surface area (Å²) >= 11 is 0. The lowest BCUT2D eigenvalue weighted by atomic mass is 9.92. The molecule has 0 amide bonds. The summed E-state index contributed by atoms with van der Waals surface area (Å²) in [6.45, 7) is 7.93. The van der Waals surface area contributed by atoms with Gasteiger partial charge in [0.15, 0.2) is 0 Å². The smallest absolute Gasteiger partial charge is 0.0700 e. The fourth-order valence-corrected chi connectivity index (χ4v) is 2.41. The number of ether oxygens (including phenoxy) is 1. The Kier molecular flexibility index (Phi) is 3.13. The van der Waals surface area contributed by atoms with Crippen molar-refractivity contribution >= 4 is 0 Å². The van der Waals surface area contributed by atoms with Crippen molar-refractivity contribution in [1.82, 2.24) is 5.32 Å². The first-order valence-corrected chi connectivity index (χ1v) is 6.05. The van der Waals surface area contributed by atoms with E-state index in [1.165, 1.54) is 32.2 Å². The second-order valence-electron chi connectivity index (χ2n) is 5.28. The van der Waals surface area contributed by atoms with Gasteiger partial charge in [0.1, 0.15) is 0 Å². The summed E-state index contributed by atoms with van der Waals surface area (Å²) in [7, 11) is 0. The third-order valence-corrected chi connectivity index (χ3v) is 3.99. The Morgan fingerprint density at radius 2 is 2.21 bits per heavy atom. The number of hydrogen-bond acceptors (Lipinski definition) is 2. The van der Waals surface area contributed by atoms with Crippen LogP contribution >= 0.6 is 0 Å². The summed E-state index contributed by atoms with van der Waals surface area (Å²) in [6, 6.07) is 0. The molecule has 0 spiro atoms. The molecule has 1 saturated carbocycles. The Hall–Kier alpha value is -0.0800. The van der Waals surface area contributed by atoms with Crippen molar-refractivity contribution in [2.45, 2.75) is 45.6 Å². The lowest BCUT2D eigenvalue weighted by Gasteiger charge is -2.21. The summed E-state index contributed by atoms with van der Waals surface area (Å²) in [6.07, 6.45) is 5.84. The molecule has 0 aromatic carbocycles. The molecule has 0 aromatic rings. The van der Waals surface area contributed by atoms with Crippen LogP contribution in [0.25, 0.3) is 0 Å². The molecule has 1 unspecified atom stereocenters. The quantitative estimate of drug-likeness (QED) is 0.729. The molecule has 2 heteroatoms. The minimum absolute atomic E-state index is 0.498. The monoisotopic (exact) mass is 197 g/mol. The van der Waals surface area contributed by atoms with Crippen LogP contribution in [0.3, 0.4) is 0 Å². The Bertz CT molecular complexity index is 181. The van der Waals surface area contributed by atoms with E-state index in [4.69, 9.17) is 4.74 Å². The minimum atomic E-state index is 0.498. The van der Waals surface area contributed by atoms with Gasteiger partial charge in [0.2, 0.25) is 0 Å². The molecule has 0 bridgehead atoms. The van der Waals surface area contributed by atoms with E-state index in [9.17, 15) is 0 Å². The molecule has 1 atom stereocenters. The second kappa shape index (κ2) is 4.19. The lowest BCUT2D eigenvalue weighted by molar-refractivity contribution is 0.108. The standard InChI is InChI=1S/C12H23NO/c1-10(2)12(5-6-12)9-13-8-11-4-3-7-14-11/h10-11,13H,3-9H2,1-2H3. The number of rotatable bonds is 5. The van der Waals surface area contributed by atoms with Gasteiger partial charge in [-0.05, 0) is 37.0 Å². The van der Waals surface area contributed by atoms with E-state index in [1.807, 2.05) is 0 Å². The summed E-state index contributed by atoms with van der Waals surface area (Å²) < 4.78 is 5.59. The van der Waals surface area contributed by atoms with Gasteiger partial charge in [0, 0.05) is 19.7 Å². The Morgan fingerprint density at radius 3 is 2.71 bits per heavy atom. The fourth-order valence-electron chi connectivity index (χ4n) is 2.41. The molecule has 82 valence electrons. The van der Waals surface area contributed by atoms with Crippen molar-refractivity contribution in [3.05, 3.63) is 0 Å². The number of nitrogens with one attached hydrogen (secondary N) is 1. The molecule has 1 aliphatic heterocycles. The van der Waals surface area contributed by atoms with Crippen LogP contribution in [0.2, 0.25) is 0 Å². The maximum Gasteiger partial charge on any atom is 0.0700 e. The fraction of sp³-hybridized carbons (Fsp3) is 1.00. The minimum Gasteiger partial charge on any atom is -0.377 e. The van der Waals surface area contributed by atoms with Gasteiger partial charge in [-0.15, -0.1) is 0 Å². The van der Waals surface area contributed by atoms with E-state index in [1.54, 1.807) is 0 Å². The molecule has 14 heavy (non-hydrogen) atoms. The molecular weight excluding hydrogens is 174 g/mol. The van der Waals surface area contributed by atoms with E-state index >= 15 is 0 Å². The average molecular weight is 197 g/mol. The summed E-state index contributed by atoms with van der Waals surface area (Å²) in [5.41, 5.74) is 0.638. The van der Waals surface area contributed by atoms with Crippen LogP contribution in [0, 0.1) is 11.3 Å². The Balaban J connectivity index is 1.62. The molecule has 2 nitrogen and oxygen atoms in total. The van der Waals surface area contributed by atoms with Crippen molar-refractivity contribution in [3.63, 3.8) is 0 Å². The molecule has 2 rings (SSSR count). The van der Waals surface area contributed by atoms with E-state index in [0.29, 0.717) is 11.5 Å². The molecule has 0 aromatic heterocycles. The predicted molar refractivity (Wildman–Crippen MR) is 58.3 cm³/mol. The zero-order chi connectivity index (χ0) is 10.0. The molecular formula is C12H23NO. The van der Waals surface area contributed by atoms with Crippen molar-refractivity contribution in [1.29, 1.82) is 0 Å². The van der Waals surface area contributed by atoms with Crippen LogP contribution in [-0.4, -0.2) is 25.8 Å².